The second kappa shape index (κ2) is 5.26. The number of methoxy groups -OCH3 is 1. The molecule has 1 rings (SSSR count). The van der Waals surface area contributed by atoms with Crippen LogP contribution in [0.25, 0.3) is 0 Å². The molecule has 1 aromatic rings. The van der Waals surface area contributed by atoms with Crippen LogP contribution in [0.2, 0.25) is 0 Å². The Kier molecular flexibility index (Phi) is 4.18. The van der Waals surface area contributed by atoms with Crippen LogP contribution in [0.4, 0.5) is 5.69 Å². The zero-order valence-electron chi connectivity index (χ0n) is 10.5. The monoisotopic (exact) mass is 272 g/mol. The van der Waals surface area contributed by atoms with E-state index >= 15 is 0 Å². The second-order valence-electron chi connectivity index (χ2n) is 3.84. The molecule has 100 valence electrons. The molecule has 7 heteroatoms. The number of sulfonamides is 1. The minimum absolute atomic E-state index is 0.365. The number of ether oxygens (including phenoxy) is 1. The van der Waals surface area contributed by atoms with E-state index in [9.17, 15) is 13.2 Å². The first-order valence-corrected chi connectivity index (χ1v) is 7.05. The van der Waals surface area contributed by atoms with Crippen molar-refractivity contribution in [3.05, 3.63) is 24.3 Å². The summed E-state index contributed by atoms with van der Waals surface area (Å²) in [7, 11) is -2.08. The molecule has 1 unspecified atom stereocenters. The van der Waals surface area contributed by atoms with Gasteiger partial charge in [0, 0.05) is 0 Å². The number of primary amides is 1. The Morgan fingerprint density at radius 1 is 1.33 bits per heavy atom. The van der Waals surface area contributed by atoms with Crippen LogP contribution in [0.15, 0.2) is 24.3 Å². The number of nitrogens with two attached hydrogens (primary N) is 1. The summed E-state index contributed by atoms with van der Waals surface area (Å²) in [4.78, 5) is 11.2. The topological polar surface area (TPSA) is 89.7 Å². The molecule has 0 bridgehead atoms. The van der Waals surface area contributed by atoms with E-state index in [2.05, 4.69) is 0 Å². The number of carbonyl (C=O) groups is 1. The first-order chi connectivity index (χ1) is 8.27. The van der Waals surface area contributed by atoms with Crippen molar-refractivity contribution in [3.8, 4) is 5.75 Å². The van der Waals surface area contributed by atoms with Gasteiger partial charge in [0.2, 0.25) is 15.9 Å². The lowest BCUT2D eigenvalue weighted by Gasteiger charge is -2.26. The third kappa shape index (κ3) is 3.13. The summed E-state index contributed by atoms with van der Waals surface area (Å²) in [5.74, 6) is -0.116. The van der Waals surface area contributed by atoms with Crippen LogP contribution in [0.1, 0.15) is 6.92 Å². The summed E-state index contributed by atoms with van der Waals surface area (Å²) in [5.41, 5.74) is 5.52. The van der Waals surface area contributed by atoms with Crippen LogP contribution >= 0.6 is 0 Å². The highest BCUT2D eigenvalue weighted by atomic mass is 32.2. The first kappa shape index (κ1) is 14.3. The first-order valence-electron chi connectivity index (χ1n) is 5.20. The van der Waals surface area contributed by atoms with Gasteiger partial charge in [0.05, 0.1) is 19.1 Å². The summed E-state index contributed by atoms with van der Waals surface area (Å²) >= 11 is 0. The molecule has 0 fully saturated rings. The molecule has 1 atom stereocenters. The molecule has 0 heterocycles. The van der Waals surface area contributed by atoms with Gasteiger partial charge in [-0.25, -0.2) is 8.42 Å². The lowest BCUT2D eigenvalue weighted by molar-refractivity contribution is -0.118. The predicted molar refractivity (Wildman–Crippen MR) is 69.0 cm³/mol. The molecule has 18 heavy (non-hydrogen) atoms. The number of nitrogens with zero attached hydrogens (tertiary/aromatic N) is 1. The van der Waals surface area contributed by atoms with Gasteiger partial charge in [0.1, 0.15) is 11.8 Å². The highest BCUT2D eigenvalue weighted by Crippen LogP contribution is 2.23. The molecule has 6 nitrogen and oxygen atoms in total. The molecule has 1 amide bonds. The van der Waals surface area contributed by atoms with Crippen molar-refractivity contribution in [2.24, 2.45) is 5.73 Å². The number of rotatable bonds is 5. The van der Waals surface area contributed by atoms with Crippen LogP contribution < -0.4 is 14.8 Å². The summed E-state index contributed by atoms with van der Waals surface area (Å²) in [6.07, 6.45) is 1.02. The smallest absolute Gasteiger partial charge is 0.241 e. The Morgan fingerprint density at radius 2 is 1.83 bits per heavy atom. The molecule has 0 aliphatic rings. The Balaban J connectivity index is 3.22. The quantitative estimate of drug-likeness (QED) is 0.836. The van der Waals surface area contributed by atoms with Crippen molar-refractivity contribution < 1.29 is 17.9 Å². The van der Waals surface area contributed by atoms with E-state index in [4.69, 9.17) is 10.5 Å². The summed E-state index contributed by atoms with van der Waals surface area (Å²) in [6, 6.07) is 5.38. The molecule has 2 N–H and O–H groups in total. The lowest BCUT2D eigenvalue weighted by Crippen LogP contribution is -2.45. The van der Waals surface area contributed by atoms with Gasteiger partial charge in [-0.15, -0.1) is 0 Å². The summed E-state index contributed by atoms with van der Waals surface area (Å²) in [6.45, 7) is 1.44. The van der Waals surface area contributed by atoms with Crippen molar-refractivity contribution in [1.82, 2.24) is 0 Å². The van der Waals surface area contributed by atoms with Crippen LogP contribution in [0.5, 0.6) is 5.75 Å². The average molecular weight is 272 g/mol. The standard InChI is InChI=1S/C11H16N2O4S/c1-8(11(12)14)13(18(3,15)16)9-4-6-10(17-2)7-5-9/h4-8H,1-3H3,(H2,12,14). The van der Waals surface area contributed by atoms with Crippen molar-refractivity contribution in [1.29, 1.82) is 0 Å². The molecular weight excluding hydrogens is 256 g/mol. The Hall–Kier alpha value is -1.76. The molecule has 1 aromatic carbocycles. The van der Waals surface area contributed by atoms with E-state index in [0.717, 1.165) is 10.6 Å². The van der Waals surface area contributed by atoms with Gasteiger partial charge in [-0.1, -0.05) is 0 Å². The number of hydrogen-bond donors (Lipinski definition) is 1. The second-order valence-corrected chi connectivity index (χ2v) is 5.69. The minimum atomic E-state index is -3.59. The van der Waals surface area contributed by atoms with Gasteiger partial charge < -0.3 is 10.5 Å². The molecule has 0 aromatic heterocycles. The van der Waals surface area contributed by atoms with E-state index in [-0.39, 0.29) is 0 Å². The summed E-state index contributed by atoms with van der Waals surface area (Å²) < 4.78 is 29.4. The van der Waals surface area contributed by atoms with E-state index in [0.29, 0.717) is 11.4 Å². The fourth-order valence-electron chi connectivity index (χ4n) is 1.55. The number of benzene rings is 1. The van der Waals surface area contributed by atoms with Crippen molar-refractivity contribution in [2.45, 2.75) is 13.0 Å². The van der Waals surface area contributed by atoms with Crippen molar-refractivity contribution >= 4 is 21.6 Å². The number of amides is 1. The maximum Gasteiger partial charge on any atom is 0.241 e. The third-order valence-electron chi connectivity index (χ3n) is 2.45. The molecule has 0 saturated heterocycles. The lowest BCUT2D eigenvalue weighted by atomic mass is 10.2. The van der Waals surface area contributed by atoms with Gasteiger partial charge in [-0.05, 0) is 31.2 Å². The van der Waals surface area contributed by atoms with E-state index in [1.165, 1.54) is 14.0 Å². The van der Waals surface area contributed by atoms with Gasteiger partial charge in [0.25, 0.3) is 0 Å². The fourth-order valence-corrected chi connectivity index (χ4v) is 2.73. The zero-order chi connectivity index (χ0) is 13.9. The summed E-state index contributed by atoms with van der Waals surface area (Å²) in [5, 5.41) is 0. The highest BCUT2D eigenvalue weighted by Gasteiger charge is 2.27. The molecule has 0 radical (unpaired) electrons. The molecule has 0 saturated carbocycles. The molecule has 0 aliphatic heterocycles. The van der Waals surface area contributed by atoms with E-state index in [1.54, 1.807) is 24.3 Å². The number of anilines is 1. The molecule has 0 spiro atoms. The van der Waals surface area contributed by atoms with E-state index < -0.39 is 22.0 Å². The van der Waals surface area contributed by atoms with Gasteiger partial charge in [-0.2, -0.15) is 0 Å². The van der Waals surface area contributed by atoms with Crippen LogP contribution in [-0.4, -0.2) is 33.7 Å². The maximum absolute atomic E-state index is 11.7. The fraction of sp³-hybridized carbons (Fsp3) is 0.364. The Labute approximate surface area is 106 Å². The Morgan fingerprint density at radius 3 is 2.17 bits per heavy atom. The van der Waals surface area contributed by atoms with Crippen LogP contribution in [0, 0.1) is 0 Å². The molecule has 0 aliphatic carbocycles. The third-order valence-corrected chi connectivity index (χ3v) is 3.69. The largest absolute Gasteiger partial charge is 0.497 e. The minimum Gasteiger partial charge on any atom is -0.497 e. The van der Waals surface area contributed by atoms with Crippen molar-refractivity contribution in [3.63, 3.8) is 0 Å². The predicted octanol–water partition coefficient (Wildman–Crippen LogP) is 0.335. The Bertz CT molecular complexity index is 524. The van der Waals surface area contributed by atoms with Crippen LogP contribution in [-0.2, 0) is 14.8 Å². The van der Waals surface area contributed by atoms with Crippen molar-refractivity contribution in [2.75, 3.05) is 17.7 Å². The normalized spacial score (nSPS) is 12.8. The zero-order valence-corrected chi connectivity index (χ0v) is 11.3. The van der Waals surface area contributed by atoms with Crippen LogP contribution in [0.3, 0.4) is 0 Å². The van der Waals surface area contributed by atoms with Gasteiger partial charge in [0.15, 0.2) is 0 Å². The average Bonchev–Trinajstić information content (AvgIpc) is 2.28. The molecular formula is C11H16N2O4S. The number of hydrogen-bond acceptors (Lipinski definition) is 4. The maximum atomic E-state index is 11.7. The van der Waals surface area contributed by atoms with E-state index in [1.807, 2.05) is 0 Å². The number of carbonyl (C=O) groups excluding carboxylic acids is 1. The highest BCUT2D eigenvalue weighted by molar-refractivity contribution is 7.92. The SMILES string of the molecule is COc1ccc(N(C(C)C(N)=O)S(C)(=O)=O)cc1. The van der Waals surface area contributed by atoms with Gasteiger partial charge >= 0.3 is 0 Å². The van der Waals surface area contributed by atoms with Gasteiger partial charge in [-0.3, -0.25) is 9.10 Å².